The fourth-order valence-electron chi connectivity index (χ4n) is 0.507. The van der Waals surface area contributed by atoms with E-state index in [4.69, 9.17) is 30.0 Å². The molecule has 0 amide bonds. The maximum absolute atomic E-state index is 9.90. The average molecular weight is 366 g/mol. The summed E-state index contributed by atoms with van der Waals surface area (Å²) in [5.74, 6) is 0. The predicted molar refractivity (Wildman–Crippen MR) is 28.7 cm³/mol. The van der Waals surface area contributed by atoms with Gasteiger partial charge in [0.15, 0.2) is 0 Å². The first kappa shape index (κ1) is 22.3. The van der Waals surface area contributed by atoms with E-state index >= 15 is 0 Å². The third kappa shape index (κ3) is 9.76. The molecule has 0 aromatic rings. The molecule has 0 unspecified atom stereocenters. The van der Waals surface area contributed by atoms with Crippen LogP contribution in [0.25, 0.3) is 0 Å². The van der Waals surface area contributed by atoms with Crippen LogP contribution in [0, 0.1) is 0 Å². The van der Waals surface area contributed by atoms with E-state index in [1.165, 1.54) is 0 Å². The van der Waals surface area contributed by atoms with Gasteiger partial charge in [-0.15, -0.1) is 0 Å². The van der Waals surface area contributed by atoms with E-state index in [1.54, 1.807) is 0 Å². The molecule has 0 saturated carbocycles. The standard InChI is InChI=1S/C3O6.2CH2O3.Mn.Ni/c4-1-6-3(7-1)8-2(5)9-3;2*2-1(3)4;;/h;2*(H2,2,3,4);;/q;;;2*+2/p-4. The van der Waals surface area contributed by atoms with Gasteiger partial charge in [0.2, 0.25) is 0 Å². The minimum absolute atomic E-state index is 0. The van der Waals surface area contributed by atoms with E-state index in [9.17, 15) is 9.59 Å². The molecule has 2 heterocycles. The largest absolute Gasteiger partial charge is 2.00 e. The number of carbonyl (C=O) groups is 4. The molecule has 0 bridgehead atoms. The molecule has 2 aliphatic rings. The SMILES string of the molecule is O=C([O-])[O-].O=C([O-])[O-].O=C1OC2(O1)OC(=O)O2.[Mn+2].[Ni+2]. The normalized spacial score (nSPS) is 14.9. The molecule has 0 N–H and O–H groups in total. The van der Waals surface area contributed by atoms with Crippen molar-refractivity contribution in [3.8, 4) is 0 Å². The van der Waals surface area contributed by atoms with Crippen LogP contribution in [-0.4, -0.2) is 30.8 Å². The second-order valence-electron chi connectivity index (χ2n) is 1.91. The van der Waals surface area contributed by atoms with Gasteiger partial charge in [-0.2, -0.15) is 0 Å². The molecule has 0 aliphatic carbocycles. The van der Waals surface area contributed by atoms with Gasteiger partial charge in [0.1, 0.15) is 0 Å². The monoisotopic (exact) mass is 365 g/mol. The maximum atomic E-state index is 9.90. The minimum atomic E-state index is -2.33. The quantitative estimate of drug-likeness (QED) is 0.293. The van der Waals surface area contributed by atoms with Gasteiger partial charge < -0.3 is 49.0 Å². The Morgan fingerprint density at radius 2 is 0.947 bits per heavy atom. The summed E-state index contributed by atoms with van der Waals surface area (Å²) in [6, 6.07) is 0. The second-order valence-corrected chi connectivity index (χ2v) is 1.91. The Hall–Kier alpha value is -1.91. The molecule has 109 valence electrons. The Bertz CT molecular complexity index is 293. The van der Waals surface area contributed by atoms with Crippen molar-refractivity contribution in [2.75, 3.05) is 0 Å². The van der Waals surface area contributed by atoms with Gasteiger partial charge in [-0.3, -0.25) is 0 Å². The summed E-state index contributed by atoms with van der Waals surface area (Å²) < 4.78 is 16.4. The van der Waals surface area contributed by atoms with Crippen molar-refractivity contribution >= 4 is 24.6 Å². The Morgan fingerprint density at radius 3 is 1.05 bits per heavy atom. The number of hydrogen-bond donors (Lipinski definition) is 0. The van der Waals surface area contributed by atoms with Gasteiger partial charge in [-0.25, -0.2) is 9.59 Å². The van der Waals surface area contributed by atoms with Gasteiger partial charge in [-0.1, -0.05) is 0 Å². The van der Waals surface area contributed by atoms with Crippen molar-refractivity contribution in [1.29, 1.82) is 0 Å². The number of ether oxygens (including phenoxy) is 4. The third-order valence-electron chi connectivity index (χ3n) is 0.833. The van der Waals surface area contributed by atoms with Gasteiger partial charge >= 0.3 is 52.0 Å². The topological polar surface area (TPSA) is 197 Å². The molecule has 0 atom stereocenters. The van der Waals surface area contributed by atoms with Crippen molar-refractivity contribution in [3.05, 3.63) is 0 Å². The third-order valence-corrected chi connectivity index (χ3v) is 0.833. The van der Waals surface area contributed by atoms with E-state index in [2.05, 4.69) is 18.9 Å². The van der Waals surface area contributed by atoms with Gasteiger partial charge in [-0.05, 0) is 12.3 Å². The number of carboxylic acid groups (broad SMARTS) is 4. The van der Waals surface area contributed by atoms with Crippen LogP contribution in [0.15, 0.2) is 0 Å². The first-order chi connectivity index (χ1) is 7.67. The summed E-state index contributed by atoms with van der Waals surface area (Å²) >= 11 is 0. The van der Waals surface area contributed by atoms with Crippen molar-refractivity contribution in [1.82, 2.24) is 0 Å². The van der Waals surface area contributed by atoms with Crippen LogP contribution in [0.2, 0.25) is 0 Å². The Labute approximate surface area is 123 Å². The summed E-state index contributed by atoms with van der Waals surface area (Å²) in [4.78, 5) is 36.5. The number of hydrogen-bond acceptors (Lipinski definition) is 12. The van der Waals surface area contributed by atoms with Gasteiger partial charge in [0, 0.05) is 0 Å². The summed E-state index contributed by atoms with van der Waals surface area (Å²) in [5, 5.41) is 33.3. The average Bonchev–Trinajstić information content (AvgIpc) is 1.96. The van der Waals surface area contributed by atoms with Gasteiger partial charge in [0.25, 0.3) is 0 Å². The van der Waals surface area contributed by atoms with Crippen LogP contribution < -0.4 is 20.4 Å². The molecule has 2 saturated heterocycles. The minimum Gasteiger partial charge on any atom is -0.652 e. The summed E-state index contributed by atoms with van der Waals surface area (Å²) in [6.45, 7) is 0. The van der Waals surface area contributed by atoms with Crippen LogP contribution in [-0.2, 0) is 52.5 Å². The van der Waals surface area contributed by atoms with E-state index in [-0.39, 0.29) is 33.6 Å². The first-order valence-electron chi connectivity index (χ1n) is 3.27. The van der Waals surface area contributed by atoms with Crippen molar-refractivity contribution in [2.45, 2.75) is 6.16 Å². The molecule has 1 spiro atoms. The second kappa shape index (κ2) is 9.08. The van der Waals surface area contributed by atoms with Gasteiger partial charge in [0.05, 0.1) is 0 Å². The van der Waals surface area contributed by atoms with Crippen LogP contribution in [0.3, 0.4) is 0 Å². The molecule has 19 heavy (non-hydrogen) atoms. The molecule has 0 aromatic heterocycles. The molecule has 2 rings (SSSR count). The number of carbonyl (C=O) groups excluding carboxylic acids is 4. The van der Waals surface area contributed by atoms with Crippen molar-refractivity contribution in [2.24, 2.45) is 0 Å². The fourth-order valence-corrected chi connectivity index (χ4v) is 0.507. The van der Waals surface area contributed by atoms with Crippen LogP contribution in [0.4, 0.5) is 19.2 Å². The van der Waals surface area contributed by atoms with E-state index < -0.39 is 30.8 Å². The molecular formula is C5MnNiO12. The van der Waals surface area contributed by atoms with Crippen molar-refractivity contribution in [3.63, 3.8) is 0 Å². The van der Waals surface area contributed by atoms with Crippen LogP contribution in [0.5, 0.6) is 0 Å². The molecule has 2 aliphatic heterocycles. The van der Waals surface area contributed by atoms with Crippen LogP contribution in [0.1, 0.15) is 0 Å². The zero-order valence-electron chi connectivity index (χ0n) is 8.09. The Morgan fingerprint density at radius 1 is 0.789 bits per heavy atom. The molecule has 1 radical (unpaired) electrons. The molecule has 0 aromatic carbocycles. The van der Waals surface area contributed by atoms with E-state index in [0.29, 0.717) is 0 Å². The van der Waals surface area contributed by atoms with Crippen LogP contribution >= 0.6 is 0 Å². The smallest absolute Gasteiger partial charge is 0.652 e. The predicted octanol–water partition coefficient (Wildman–Crippen LogP) is -4.97. The van der Waals surface area contributed by atoms with Crippen molar-refractivity contribution < 1.29 is 92.1 Å². The molecule has 14 heteroatoms. The zero-order chi connectivity index (χ0) is 13.6. The number of rotatable bonds is 0. The zero-order valence-corrected chi connectivity index (χ0v) is 10.3. The summed E-state index contributed by atoms with van der Waals surface area (Å²) in [6.07, 6.45) is -8.31. The Balaban J connectivity index is -0.000000224. The maximum Gasteiger partial charge on any atom is 2.00 e. The van der Waals surface area contributed by atoms with E-state index in [0.717, 1.165) is 0 Å². The summed E-state index contributed by atoms with van der Waals surface area (Å²) in [7, 11) is 0. The summed E-state index contributed by atoms with van der Waals surface area (Å²) in [5.41, 5.74) is 0. The first-order valence-corrected chi connectivity index (χ1v) is 3.27. The molecule has 12 nitrogen and oxygen atoms in total. The van der Waals surface area contributed by atoms with E-state index in [1.807, 2.05) is 0 Å². The molecular weight excluding hydrogens is 366 g/mol. The molecule has 2 fully saturated rings. The Kier molecular flexibility index (Phi) is 10.7. The fraction of sp³-hybridized carbons (Fsp3) is 0.200.